The van der Waals surface area contributed by atoms with Crippen LogP contribution in [0.5, 0.6) is 11.5 Å². The molecule has 0 fully saturated rings. The van der Waals surface area contributed by atoms with E-state index in [0.29, 0.717) is 0 Å². The van der Waals surface area contributed by atoms with Gasteiger partial charge in [0.05, 0.1) is 14.2 Å². The standard InChI is InChI=1S/C17H20BrNO2/c1-12(8-13-6-4-5-7-17(13)21-3)19-15-9-14(18)10-16(11-15)20-2/h4-7,9-12,19H,8H2,1-3H3. The van der Waals surface area contributed by atoms with Crippen molar-refractivity contribution in [2.24, 2.45) is 0 Å². The van der Waals surface area contributed by atoms with E-state index in [4.69, 9.17) is 9.47 Å². The minimum atomic E-state index is 0.278. The molecule has 0 radical (unpaired) electrons. The number of anilines is 1. The number of halogens is 1. The number of ether oxygens (including phenoxy) is 2. The predicted octanol–water partition coefficient (Wildman–Crippen LogP) is 4.51. The van der Waals surface area contributed by atoms with E-state index in [2.05, 4.69) is 34.2 Å². The zero-order valence-corrected chi connectivity index (χ0v) is 14.1. The Morgan fingerprint density at radius 2 is 1.86 bits per heavy atom. The van der Waals surface area contributed by atoms with Gasteiger partial charge in [0.2, 0.25) is 0 Å². The van der Waals surface area contributed by atoms with E-state index in [-0.39, 0.29) is 6.04 Å². The average Bonchev–Trinajstić information content (AvgIpc) is 2.47. The van der Waals surface area contributed by atoms with Crippen LogP contribution in [0.3, 0.4) is 0 Å². The van der Waals surface area contributed by atoms with E-state index in [9.17, 15) is 0 Å². The zero-order valence-electron chi connectivity index (χ0n) is 12.5. The molecule has 0 aliphatic rings. The van der Waals surface area contributed by atoms with Crippen molar-refractivity contribution >= 4 is 21.6 Å². The second-order valence-electron chi connectivity index (χ2n) is 4.94. The fourth-order valence-electron chi connectivity index (χ4n) is 2.30. The maximum atomic E-state index is 5.40. The highest BCUT2D eigenvalue weighted by molar-refractivity contribution is 9.10. The number of methoxy groups -OCH3 is 2. The Kier molecular flexibility index (Phi) is 5.51. The molecule has 0 aliphatic carbocycles. The number of benzene rings is 2. The zero-order chi connectivity index (χ0) is 15.2. The average molecular weight is 350 g/mol. The first-order valence-electron chi connectivity index (χ1n) is 6.85. The van der Waals surface area contributed by atoms with Crippen LogP contribution in [0.1, 0.15) is 12.5 Å². The van der Waals surface area contributed by atoms with Crippen molar-refractivity contribution in [3.63, 3.8) is 0 Å². The molecule has 21 heavy (non-hydrogen) atoms. The van der Waals surface area contributed by atoms with Crippen LogP contribution in [0.2, 0.25) is 0 Å². The van der Waals surface area contributed by atoms with Crippen molar-refractivity contribution in [3.8, 4) is 11.5 Å². The lowest BCUT2D eigenvalue weighted by atomic mass is 10.1. The summed E-state index contributed by atoms with van der Waals surface area (Å²) in [4.78, 5) is 0. The third-order valence-electron chi connectivity index (χ3n) is 3.24. The summed E-state index contributed by atoms with van der Waals surface area (Å²) < 4.78 is 11.7. The molecule has 1 N–H and O–H groups in total. The van der Waals surface area contributed by atoms with Gasteiger partial charge in [-0.05, 0) is 37.1 Å². The van der Waals surface area contributed by atoms with Gasteiger partial charge < -0.3 is 14.8 Å². The maximum Gasteiger partial charge on any atom is 0.122 e. The molecular weight excluding hydrogens is 330 g/mol. The van der Waals surface area contributed by atoms with Crippen molar-refractivity contribution in [3.05, 3.63) is 52.5 Å². The molecule has 4 heteroatoms. The Hall–Kier alpha value is -1.68. The summed E-state index contributed by atoms with van der Waals surface area (Å²) in [5.74, 6) is 1.76. The minimum Gasteiger partial charge on any atom is -0.497 e. The molecule has 0 saturated heterocycles. The van der Waals surface area contributed by atoms with Gasteiger partial charge in [0.25, 0.3) is 0 Å². The summed E-state index contributed by atoms with van der Waals surface area (Å²) in [6.45, 7) is 2.15. The Labute approximate surface area is 134 Å². The number of hydrogen-bond acceptors (Lipinski definition) is 3. The Bertz CT molecular complexity index is 601. The summed E-state index contributed by atoms with van der Waals surface area (Å²) >= 11 is 3.49. The fourth-order valence-corrected chi connectivity index (χ4v) is 2.77. The fraction of sp³-hybridized carbons (Fsp3) is 0.294. The summed E-state index contributed by atoms with van der Waals surface area (Å²) in [6, 6.07) is 14.4. The minimum absolute atomic E-state index is 0.278. The molecule has 112 valence electrons. The number of rotatable bonds is 6. The summed E-state index contributed by atoms with van der Waals surface area (Å²) in [6.07, 6.45) is 0.888. The lowest BCUT2D eigenvalue weighted by Gasteiger charge is -2.18. The second-order valence-corrected chi connectivity index (χ2v) is 5.86. The van der Waals surface area contributed by atoms with Gasteiger partial charge in [-0.3, -0.25) is 0 Å². The molecule has 2 rings (SSSR count). The first-order chi connectivity index (χ1) is 10.1. The first kappa shape index (κ1) is 15.7. The molecule has 1 atom stereocenters. The quantitative estimate of drug-likeness (QED) is 0.832. The third-order valence-corrected chi connectivity index (χ3v) is 3.70. The van der Waals surface area contributed by atoms with Gasteiger partial charge in [-0.15, -0.1) is 0 Å². The summed E-state index contributed by atoms with van der Waals surface area (Å²) in [5, 5.41) is 3.49. The van der Waals surface area contributed by atoms with Crippen molar-refractivity contribution in [1.29, 1.82) is 0 Å². The van der Waals surface area contributed by atoms with Crippen LogP contribution in [0.25, 0.3) is 0 Å². The third kappa shape index (κ3) is 4.39. The van der Waals surface area contributed by atoms with E-state index in [1.54, 1.807) is 14.2 Å². The number of para-hydroxylation sites is 1. The van der Waals surface area contributed by atoms with E-state index in [1.807, 2.05) is 36.4 Å². The van der Waals surface area contributed by atoms with Gasteiger partial charge in [0.1, 0.15) is 11.5 Å². The molecule has 0 spiro atoms. The van der Waals surface area contributed by atoms with Crippen LogP contribution in [0, 0.1) is 0 Å². The lowest BCUT2D eigenvalue weighted by Crippen LogP contribution is -2.18. The van der Waals surface area contributed by atoms with E-state index in [0.717, 1.165) is 28.1 Å². The van der Waals surface area contributed by atoms with Gasteiger partial charge in [0, 0.05) is 22.3 Å². The largest absolute Gasteiger partial charge is 0.497 e. The van der Waals surface area contributed by atoms with E-state index < -0.39 is 0 Å². The van der Waals surface area contributed by atoms with Crippen molar-refractivity contribution < 1.29 is 9.47 Å². The SMILES string of the molecule is COc1cc(Br)cc(NC(C)Cc2ccccc2OC)c1. The molecule has 0 aromatic heterocycles. The van der Waals surface area contributed by atoms with Crippen LogP contribution in [-0.4, -0.2) is 20.3 Å². The monoisotopic (exact) mass is 349 g/mol. The van der Waals surface area contributed by atoms with Crippen LogP contribution >= 0.6 is 15.9 Å². The van der Waals surface area contributed by atoms with Crippen LogP contribution in [-0.2, 0) is 6.42 Å². The number of hydrogen-bond donors (Lipinski definition) is 1. The summed E-state index contributed by atoms with van der Waals surface area (Å²) in [7, 11) is 3.37. The molecule has 1 unspecified atom stereocenters. The second kappa shape index (κ2) is 7.36. The Balaban J connectivity index is 2.08. The summed E-state index contributed by atoms with van der Waals surface area (Å²) in [5.41, 5.74) is 2.23. The van der Waals surface area contributed by atoms with Crippen LogP contribution in [0.15, 0.2) is 46.9 Å². The van der Waals surface area contributed by atoms with Crippen LogP contribution in [0.4, 0.5) is 5.69 Å². The molecule has 2 aromatic rings. The molecule has 3 nitrogen and oxygen atoms in total. The number of nitrogens with one attached hydrogen (secondary N) is 1. The molecule has 0 aliphatic heterocycles. The molecule has 2 aromatic carbocycles. The molecule has 0 amide bonds. The Morgan fingerprint density at radius 1 is 1.10 bits per heavy atom. The predicted molar refractivity (Wildman–Crippen MR) is 90.5 cm³/mol. The normalized spacial score (nSPS) is 11.8. The first-order valence-corrected chi connectivity index (χ1v) is 7.64. The van der Waals surface area contributed by atoms with E-state index >= 15 is 0 Å². The maximum absolute atomic E-state index is 5.40. The molecule has 0 bridgehead atoms. The van der Waals surface area contributed by atoms with Gasteiger partial charge in [0.15, 0.2) is 0 Å². The van der Waals surface area contributed by atoms with E-state index in [1.165, 1.54) is 5.56 Å². The topological polar surface area (TPSA) is 30.5 Å². The van der Waals surface area contributed by atoms with Crippen molar-refractivity contribution in [2.45, 2.75) is 19.4 Å². The molecular formula is C17H20BrNO2. The van der Waals surface area contributed by atoms with Gasteiger partial charge in [-0.2, -0.15) is 0 Å². The van der Waals surface area contributed by atoms with Crippen LogP contribution < -0.4 is 14.8 Å². The van der Waals surface area contributed by atoms with Gasteiger partial charge >= 0.3 is 0 Å². The van der Waals surface area contributed by atoms with Crippen molar-refractivity contribution in [1.82, 2.24) is 0 Å². The Morgan fingerprint density at radius 3 is 2.57 bits per heavy atom. The highest BCUT2D eigenvalue weighted by atomic mass is 79.9. The van der Waals surface area contributed by atoms with Crippen molar-refractivity contribution in [2.75, 3.05) is 19.5 Å². The lowest BCUT2D eigenvalue weighted by molar-refractivity contribution is 0.408. The highest BCUT2D eigenvalue weighted by Gasteiger charge is 2.09. The smallest absolute Gasteiger partial charge is 0.122 e. The highest BCUT2D eigenvalue weighted by Crippen LogP contribution is 2.26. The van der Waals surface area contributed by atoms with Gasteiger partial charge in [-0.25, -0.2) is 0 Å². The van der Waals surface area contributed by atoms with Gasteiger partial charge in [-0.1, -0.05) is 34.1 Å². The molecule has 0 heterocycles. The molecule has 0 saturated carbocycles.